The Balaban J connectivity index is 1.51. The van der Waals surface area contributed by atoms with Gasteiger partial charge in [-0.1, -0.05) is 18.0 Å². The molecule has 2 aliphatic carbocycles. The number of hydrogen-bond donors (Lipinski definition) is 2. The Morgan fingerprint density at radius 1 is 1.20 bits per heavy atom. The zero-order valence-corrected chi connectivity index (χ0v) is 14.2. The van der Waals surface area contributed by atoms with E-state index in [-0.39, 0.29) is 5.82 Å². The number of aromatic amines is 1. The maximum absolute atomic E-state index is 14.3. The molecule has 3 unspecified atom stereocenters. The first-order valence-electron chi connectivity index (χ1n) is 8.59. The number of fused-ring (bicyclic) bond motifs is 3. The molecule has 0 spiro atoms. The fourth-order valence-electron chi connectivity index (χ4n) is 4.36. The highest BCUT2D eigenvalue weighted by atomic mass is 35.5. The molecule has 2 fully saturated rings. The average molecular weight is 358 g/mol. The van der Waals surface area contributed by atoms with Gasteiger partial charge in [0.1, 0.15) is 5.65 Å². The lowest BCUT2D eigenvalue weighted by Crippen LogP contribution is -2.27. The van der Waals surface area contributed by atoms with Crippen molar-refractivity contribution in [1.82, 2.24) is 19.9 Å². The minimum Gasteiger partial charge on any atom is -0.364 e. The highest BCUT2D eigenvalue weighted by molar-refractivity contribution is 6.31. The first kappa shape index (κ1) is 15.1. The van der Waals surface area contributed by atoms with Gasteiger partial charge in [-0.25, -0.2) is 19.3 Å². The summed E-state index contributed by atoms with van der Waals surface area (Å²) in [6.45, 7) is 0. The summed E-state index contributed by atoms with van der Waals surface area (Å²) in [5, 5.41) is 4.69. The van der Waals surface area contributed by atoms with Gasteiger partial charge in [0.25, 0.3) is 0 Å². The number of hydrogen-bond acceptors (Lipinski definition) is 4. The minimum absolute atomic E-state index is 0.284. The van der Waals surface area contributed by atoms with Crippen LogP contribution in [0.5, 0.6) is 0 Å². The molecule has 3 aromatic rings. The topological polar surface area (TPSA) is 66.5 Å². The van der Waals surface area contributed by atoms with Gasteiger partial charge in [-0.2, -0.15) is 0 Å². The second-order valence-corrected chi connectivity index (χ2v) is 7.50. The van der Waals surface area contributed by atoms with Gasteiger partial charge < -0.3 is 10.3 Å². The van der Waals surface area contributed by atoms with Gasteiger partial charge in [0.15, 0.2) is 17.5 Å². The molecule has 0 amide bonds. The quantitative estimate of drug-likeness (QED) is 0.728. The summed E-state index contributed by atoms with van der Waals surface area (Å²) < 4.78 is 14.3. The minimum atomic E-state index is -0.414. The van der Waals surface area contributed by atoms with Gasteiger partial charge in [0.2, 0.25) is 0 Å². The van der Waals surface area contributed by atoms with Gasteiger partial charge in [-0.05, 0) is 37.2 Å². The molecule has 2 bridgehead atoms. The van der Waals surface area contributed by atoms with E-state index in [1.54, 1.807) is 12.4 Å². The van der Waals surface area contributed by atoms with Crippen LogP contribution < -0.4 is 5.32 Å². The molecule has 3 aromatic heterocycles. The van der Waals surface area contributed by atoms with Crippen molar-refractivity contribution in [3.05, 3.63) is 35.5 Å². The summed E-state index contributed by atoms with van der Waals surface area (Å²) in [5.41, 5.74) is 1.47. The van der Waals surface area contributed by atoms with Crippen LogP contribution in [-0.2, 0) is 0 Å². The van der Waals surface area contributed by atoms with Crippen LogP contribution in [0.4, 0.5) is 10.2 Å². The maximum Gasteiger partial charge on any atom is 0.183 e. The molecule has 3 heterocycles. The van der Waals surface area contributed by atoms with Crippen molar-refractivity contribution in [1.29, 1.82) is 0 Å². The van der Waals surface area contributed by atoms with Crippen LogP contribution in [0.1, 0.15) is 25.7 Å². The number of pyridine rings is 1. The molecule has 0 aliphatic heterocycles. The van der Waals surface area contributed by atoms with Gasteiger partial charge in [0.05, 0.1) is 11.2 Å². The number of anilines is 1. The Kier molecular flexibility index (Phi) is 3.41. The van der Waals surface area contributed by atoms with Crippen molar-refractivity contribution in [2.45, 2.75) is 31.7 Å². The fourth-order valence-corrected chi connectivity index (χ4v) is 4.52. The lowest BCUT2D eigenvalue weighted by Gasteiger charge is -2.23. The fraction of sp³-hybridized carbons (Fsp3) is 0.389. The van der Waals surface area contributed by atoms with Crippen LogP contribution >= 0.6 is 11.6 Å². The predicted molar refractivity (Wildman–Crippen MR) is 94.9 cm³/mol. The number of H-pyrrole nitrogens is 1. The van der Waals surface area contributed by atoms with Crippen LogP contribution in [0.3, 0.4) is 0 Å². The van der Waals surface area contributed by atoms with E-state index in [1.807, 2.05) is 6.07 Å². The number of nitrogens with zero attached hydrogens (tertiary/aromatic N) is 3. The van der Waals surface area contributed by atoms with Crippen molar-refractivity contribution in [3.8, 4) is 11.4 Å². The highest BCUT2D eigenvalue weighted by Gasteiger charge is 2.39. The van der Waals surface area contributed by atoms with Crippen molar-refractivity contribution in [2.75, 3.05) is 5.32 Å². The highest BCUT2D eigenvalue weighted by Crippen LogP contribution is 2.45. The molecular weight excluding hydrogens is 341 g/mol. The van der Waals surface area contributed by atoms with Crippen LogP contribution in [0.15, 0.2) is 24.7 Å². The van der Waals surface area contributed by atoms with Crippen molar-refractivity contribution in [3.63, 3.8) is 0 Å². The van der Waals surface area contributed by atoms with Crippen LogP contribution in [0, 0.1) is 17.7 Å². The third-order valence-corrected chi connectivity index (χ3v) is 5.75. The lowest BCUT2D eigenvalue weighted by atomic mass is 9.95. The molecule has 7 heteroatoms. The van der Waals surface area contributed by atoms with E-state index in [4.69, 9.17) is 11.6 Å². The van der Waals surface area contributed by atoms with Gasteiger partial charge >= 0.3 is 0 Å². The molecule has 2 N–H and O–H groups in total. The van der Waals surface area contributed by atoms with E-state index in [9.17, 15) is 4.39 Å². The SMILES string of the molecule is Fc1cnc(-c2c[nH]c3ncc(Cl)cc23)nc1NC1CC2CCC1C2. The Hall–Kier alpha value is -2.21. The Labute approximate surface area is 149 Å². The second kappa shape index (κ2) is 5.66. The second-order valence-electron chi connectivity index (χ2n) is 7.07. The smallest absolute Gasteiger partial charge is 0.183 e. The molecule has 0 saturated heterocycles. The van der Waals surface area contributed by atoms with E-state index >= 15 is 0 Å². The zero-order valence-electron chi connectivity index (χ0n) is 13.5. The average Bonchev–Trinajstić information content (AvgIpc) is 3.31. The van der Waals surface area contributed by atoms with Gasteiger partial charge in [-0.3, -0.25) is 0 Å². The van der Waals surface area contributed by atoms with Gasteiger partial charge in [0, 0.05) is 29.4 Å². The lowest BCUT2D eigenvalue weighted by molar-refractivity contribution is 0.436. The normalized spacial score (nSPS) is 25.0. The van der Waals surface area contributed by atoms with E-state index in [1.165, 1.54) is 25.5 Å². The van der Waals surface area contributed by atoms with E-state index in [0.29, 0.717) is 28.5 Å². The molecule has 5 nitrogen and oxygen atoms in total. The standard InChI is InChI=1S/C18H17ClFN5/c19-11-5-12-13(7-22-16(12)21-6-11)17-23-8-14(20)18(25-17)24-15-4-9-1-2-10(15)3-9/h5-10,15H,1-4H2,(H,21,22)(H,23,24,25). The van der Waals surface area contributed by atoms with Crippen molar-refractivity contribution in [2.24, 2.45) is 11.8 Å². The third kappa shape index (κ3) is 2.56. The zero-order chi connectivity index (χ0) is 17.0. The first-order valence-corrected chi connectivity index (χ1v) is 8.97. The molecule has 0 radical (unpaired) electrons. The maximum atomic E-state index is 14.3. The molecule has 3 atom stereocenters. The van der Waals surface area contributed by atoms with E-state index in [0.717, 1.165) is 23.3 Å². The summed E-state index contributed by atoms with van der Waals surface area (Å²) in [6.07, 6.45) is 9.49. The predicted octanol–water partition coefficient (Wildman–Crippen LogP) is 4.41. The Morgan fingerprint density at radius 2 is 2.12 bits per heavy atom. The Morgan fingerprint density at radius 3 is 2.92 bits per heavy atom. The summed E-state index contributed by atoms with van der Waals surface area (Å²) >= 11 is 6.05. The number of nitrogens with one attached hydrogen (secondary N) is 2. The largest absolute Gasteiger partial charge is 0.364 e. The summed E-state index contributed by atoms with van der Waals surface area (Å²) in [7, 11) is 0. The molecule has 2 saturated carbocycles. The van der Waals surface area contributed by atoms with E-state index < -0.39 is 5.82 Å². The monoisotopic (exact) mass is 357 g/mol. The third-order valence-electron chi connectivity index (χ3n) is 5.54. The molecule has 5 rings (SSSR count). The van der Waals surface area contributed by atoms with Crippen LogP contribution in [0.2, 0.25) is 5.02 Å². The van der Waals surface area contributed by atoms with Gasteiger partial charge in [-0.15, -0.1) is 0 Å². The Bertz CT molecular complexity index is 956. The summed E-state index contributed by atoms with van der Waals surface area (Å²) in [6, 6.07) is 2.13. The molecular formula is C18H17ClFN5. The molecule has 2 aliphatic rings. The van der Waals surface area contributed by atoms with Crippen LogP contribution in [0.25, 0.3) is 22.4 Å². The molecule has 0 aromatic carbocycles. The number of rotatable bonds is 3. The van der Waals surface area contributed by atoms with E-state index in [2.05, 4.69) is 25.3 Å². The van der Waals surface area contributed by atoms with Crippen LogP contribution in [-0.4, -0.2) is 26.0 Å². The molecule has 25 heavy (non-hydrogen) atoms. The molecule has 128 valence electrons. The summed E-state index contributed by atoms with van der Waals surface area (Å²) in [5.74, 6) is 1.75. The number of halogens is 2. The first-order chi connectivity index (χ1) is 12.2. The number of aromatic nitrogens is 4. The summed E-state index contributed by atoms with van der Waals surface area (Å²) in [4.78, 5) is 15.9. The van der Waals surface area contributed by atoms with Crippen molar-refractivity contribution < 1.29 is 4.39 Å². The van der Waals surface area contributed by atoms with Crippen molar-refractivity contribution >= 4 is 28.5 Å².